The van der Waals surface area contributed by atoms with Crippen LogP contribution in [0.2, 0.25) is 0 Å². The van der Waals surface area contributed by atoms with Gasteiger partial charge in [-0.2, -0.15) is 0 Å². The van der Waals surface area contributed by atoms with E-state index >= 15 is 0 Å². The molecule has 1 aromatic heterocycles. The molecular formula is C23H22FN3O3. The fraction of sp³-hybridized carbons (Fsp3) is 0.304. The molecule has 1 aliphatic heterocycles. The zero-order valence-corrected chi connectivity index (χ0v) is 16.3. The predicted molar refractivity (Wildman–Crippen MR) is 113 cm³/mol. The van der Waals surface area contributed by atoms with Crippen molar-refractivity contribution in [3.63, 3.8) is 0 Å². The van der Waals surface area contributed by atoms with E-state index in [-0.39, 0.29) is 22.9 Å². The average molecular weight is 407 g/mol. The fourth-order valence-electron chi connectivity index (χ4n) is 4.48. The van der Waals surface area contributed by atoms with Gasteiger partial charge in [-0.25, -0.2) is 9.18 Å². The Kier molecular flexibility index (Phi) is 4.55. The molecular weight excluding hydrogens is 385 g/mol. The number of carboxylic acid groups (broad SMARTS) is 1. The van der Waals surface area contributed by atoms with Crippen molar-refractivity contribution < 1.29 is 14.3 Å². The zero-order chi connectivity index (χ0) is 20.8. The molecule has 1 saturated heterocycles. The van der Waals surface area contributed by atoms with Crippen LogP contribution in [0.3, 0.4) is 0 Å². The summed E-state index contributed by atoms with van der Waals surface area (Å²) in [4.78, 5) is 26.4. The highest BCUT2D eigenvalue weighted by molar-refractivity contribution is 5.93. The Bertz CT molecular complexity index is 1190. The molecule has 0 radical (unpaired) electrons. The third kappa shape index (κ3) is 3.15. The summed E-state index contributed by atoms with van der Waals surface area (Å²) >= 11 is 0. The molecule has 2 N–H and O–H groups in total. The highest BCUT2D eigenvalue weighted by Crippen LogP contribution is 2.52. The van der Waals surface area contributed by atoms with Gasteiger partial charge in [0.1, 0.15) is 11.4 Å². The van der Waals surface area contributed by atoms with Gasteiger partial charge in [0.25, 0.3) is 0 Å². The summed E-state index contributed by atoms with van der Waals surface area (Å²) in [6.45, 7) is 2.88. The number of benzene rings is 2. The van der Waals surface area contributed by atoms with Gasteiger partial charge in [0.15, 0.2) is 0 Å². The van der Waals surface area contributed by atoms with E-state index in [2.05, 4.69) is 17.4 Å². The molecule has 3 aromatic rings. The fourth-order valence-corrected chi connectivity index (χ4v) is 4.48. The van der Waals surface area contributed by atoms with Crippen LogP contribution < -0.4 is 15.6 Å². The van der Waals surface area contributed by atoms with Crippen molar-refractivity contribution in [1.29, 1.82) is 0 Å². The highest BCUT2D eigenvalue weighted by atomic mass is 19.1. The number of nitrogens with one attached hydrogen (secondary N) is 1. The first-order valence-electron chi connectivity index (χ1n) is 10.2. The predicted octanol–water partition coefficient (Wildman–Crippen LogP) is 2.98. The number of piperazine rings is 1. The molecule has 5 rings (SSSR count). The van der Waals surface area contributed by atoms with Gasteiger partial charge < -0.3 is 19.9 Å². The van der Waals surface area contributed by atoms with Crippen LogP contribution in [0.25, 0.3) is 10.9 Å². The first-order chi connectivity index (χ1) is 14.5. The van der Waals surface area contributed by atoms with Crippen molar-refractivity contribution in [2.45, 2.75) is 18.4 Å². The topological polar surface area (TPSA) is 74.6 Å². The maximum atomic E-state index is 14.9. The van der Waals surface area contributed by atoms with Crippen LogP contribution in [-0.2, 0) is 0 Å². The number of carboxylic acids is 1. The molecule has 7 heteroatoms. The summed E-state index contributed by atoms with van der Waals surface area (Å²) in [5.74, 6) is -1.55. The SMILES string of the molecule is O=C(O)c1cn([C@@H]2C[C@H]2c2ccccc2)c2cc(N3CCNCC3)c(F)cc2c1=O. The molecule has 0 unspecified atom stereocenters. The van der Waals surface area contributed by atoms with Crippen LogP contribution in [-0.4, -0.2) is 41.8 Å². The standard InChI is InChI=1S/C23H22FN3O3/c24-18-10-16-20(12-21(18)26-8-6-25-7-9-26)27(13-17(22(16)28)23(29)30)19-11-15(19)14-4-2-1-3-5-14/h1-5,10,12-13,15,19,25H,6-9,11H2,(H,29,30)/t15-,19+/m0/s1. The third-order valence-corrected chi connectivity index (χ3v) is 6.13. The third-order valence-electron chi connectivity index (χ3n) is 6.13. The van der Waals surface area contributed by atoms with Gasteiger partial charge in [-0.1, -0.05) is 30.3 Å². The van der Waals surface area contributed by atoms with E-state index < -0.39 is 17.2 Å². The minimum Gasteiger partial charge on any atom is -0.477 e. The molecule has 0 amide bonds. The van der Waals surface area contributed by atoms with Crippen LogP contribution in [0.1, 0.15) is 34.3 Å². The van der Waals surface area contributed by atoms with Gasteiger partial charge in [-0.15, -0.1) is 0 Å². The van der Waals surface area contributed by atoms with Crippen molar-refractivity contribution in [1.82, 2.24) is 9.88 Å². The van der Waals surface area contributed by atoms with Crippen molar-refractivity contribution in [3.8, 4) is 0 Å². The Hall–Kier alpha value is -3.19. The van der Waals surface area contributed by atoms with Crippen LogP contribution in [0.15, 0.2) is 53.5 Å². The van der Waals surface area contributed by atoms with E-state index in [4.69, 9.17) is 0 Å². The van der Waals surface area contributed by atoms with Gasteiger partial charge in [-0.05, 0) is 24.1 Å². The molecule has 1 aliphatic carbocycles. The minimum atomic E-state index is -1.29. The number of aromatic nitrogens is 1. The lowest BCUT2D eigenvalue weighted by Gasteiger charge is -2.30. The maximum absolute atomic E-state index is 14.9. The second-order valence-electron chi connectivity index (χ2n) is 7.96. The van der Waals surface area contributed by atoms with E-state index in [9.17, 15) is 19.1 Å². The normalized spacial score (nSPS) is 21.0. The molecule has 2 aliphatic rings. The van der Waals surface area contributed by atoms with Crippen molar-refractivity contribution >= 4 is 22.6 Å². The Morgan fingerprint density at radius 1 is 1.13 bits per heavy atom. The van der Waals surface area contributed by atoms with Crippen LogP contribution in [0, 0.1) is 5.82 Å². The molecule has 2 heterocycles. The largest absolute Gasteiger partial charge is 0.477 e. The number of hydrogen-bond donors (Lipinski definition) is 2. The highest BCUT2D eigenvalue weighted by Gasteiger charge is 2.40. The maximum Gasteiger partial charge on any atom is 0.341 e. The number of anilines is 1. The number of hydrogen-bond acceptors (Lipinski definition) is 4. The molecule has 2 fully saturated rings. The summed E-state index contributed by atoms with van der Waals surface area (Å²) in [5.41, 5.74) is 1.25. The smallest absolute Gasteiger partial charge is 0.341 e. The van der Waals surface area contributed by atoms with Crippen LogP contribution in [0.5, 0.6) is 0 Å². The summed E-state index contributed by atoms with van der Waals surface area (Å²) in [5, 5.41) is 12.9. The Balaban J connectivity index is 1.67. The average Bonchev–Trinajstić information content (AvgIpc) is 3.56. The van der Waals surface area contributed by atoms with E-state index in [1.54, 1.807) is 6.07 Å². The van der Waals surface area contributed by atoms with Gasteiger partial charge in [0, 0.05) is 49.7 Å². The molecule has 2 aromatic carbocycles. The van der Waals surface area contributed by atoms with E-state index in [0.29, 0.717) is 24.3 Å². The van der Waals surface area contributed by atoms with E-state index in [1.165, 1.54) is 17.8 Å². The first kappa shape index (κ1) is 18.8. The van der Waals surface area contributed by atoms with Crippen LogP contribution in [0.4, 0.5) is 10.1 Å². The number of nitrogens with zero attached hydrogens (tertiary/aromatic N) is 2. The monoisotopic (exact) mass is 407 g/mol. The zero-order valence-electron chi connectivity index (χ0n) is 16.3. The number of aromatic carboxylic acids is 1. The van der Waals surface area contributed by atoms with Crippen LogP contribution >= 0.6 is 0 Å². The van der Waals surface area contributed by atoms with E-state index in [0.717, 1.165) is 19.5 Å². The van der Waals surface area contributed by atoms with Gasteiger partial charge in [-0.3, -0.25) is 4.79 Å². The van der Waals surface area contributed by atoms with Crippen molar-refractivity contribution in [3.05, 3.63) is 75.8 Å². The van der Waals surface area contributed by atoms with Gasteiger partial charge in [0.05, 0.1) is 11.2 Å². The quantitative estimate of drug-likeness (QED) is 0.696. The lowest BCUT2D eigenvalue weighted by molar-refractivity contribution is 0.0695. The number of fused-ring (bicyclic) bond motifs is 1. The minimum absolute atomic E-state index is 0.0370. The summed E-state index contributed by atoms with van der Waals surface area (Å²) in [7, 11) is 0. The Morgan fingerprint density at radius 3 is 2.57 bits per heavy atom. The van der Waals surface area contributed by atoms with Gasteiger partial charge in [0.2, 0.25) is 5.43 Å². The number of carbonyl (C=O) groups is 1. The Labute approximate surface area is 172 Å². The first-order valence-corrected chi connectivity index (χ1v) is 10.2. The number of rotatable bonds is 4. The van der Waals surface area contributed by atoms with E-state index in [1.807, 2.05) is 27.7 Å². The molecule has 1 saturated carbocycles. The molecule has 30 heavy (non-hydrogen) atoms. The second kappa shape index (κ2) is 7.25. The van der Waals surface area contributed by atoms with Crippen molar-refractivity contribution in [2.24, 2.45) is 0 Å². The second-order valence-corrected chi connectivity index (χ2v) is 7.96. The lowest BCUT2D eigenvalue weighted by Crippen LogP contribution is -2.43. The summed E-state index contributed by atoms with van der Waals surface area (Å²) < 4.78 is 16.8. The molecule has 2 atom stereocenters. The summed E-state index contributed by atoms with van der Waals surface area (Å²) in [6, 6.07) is 13.0. The molecule has 0 spiro atoms. The van der Waals surface area contributed by atoms with Crippen molar-refractivity contribution in [2.75, 3.05) is 31.1 Å². The molecule has 6 nitrogen and oxygen atoms in total. The molecule has 0 bridgehead atoms. The molecule has 154 valence electrons. The Morgan fingerprint density at radius 2 is 1.87 bits per heavy atom. The summed E-state index contributed by atoms with van der Waals surface area (Å²) in [6.07, 6.45) is 2.28. The lowest BCUT2D eigenvalue weighted by atomic mass is 10.1. The number of pyridine rings is 1. The van der Waals surface area contributed by atoms with Gasteiger partial charge >= 0.3 is 5.97 Å². The number of halogens is 1.